The minimum Gasteiger partial charge on any atom is -0.313 e. The largest absolute Gasteiger partial charge is 0.313 e. The maximum Gasteiger partial charge on any atom is 0.179 e. The molecule has 0 radical (unpaired) electrons. The second-order valence-electron chi connectivity index (χ2n) is 5.77. The third-order valence-corrected chi connectivity index (χ3v) is 5.77. The number of benzene rings is 1. The first-order valence-electron chi connectivity index (χ1n) is 7.61. The molecule has 0 heterocycles. The van der Waals surface area contributed by atoms with Crippen LogP contribution in [0, 0.1) is 6.92 Å². The summed E-state index contributed by atoms with van der Waals surface area (Å²) in [5.74, 6) is 0.187. The summed E-state index contributed by atoms with van der Waals surface area (Å²) < 4.78 is 24.4. The van der Waals surface area contributed by atoms with Crippen molar-refractivity contribution in [2.75, 3.05) is 12.3 Å². The molecule has 1 saturated carbocycles. The number of nitrogens with one attached hydrogen (secondary N) is 1. The molecule has 112 valence electrons. The Kier molecular flexibility index (Phi) is 5.61. The van der Waals surface area contributed by atoms with Crippen LogP contribution in [-0.4, -0.2) is 26.8 Å². The molecule has 0 unspecified atom stereocenters. The fraction of sp³-hybridized carbons (Fsp3) is 0.625. The van der Waals surface area contributed by atoms with E-state index in [2.05, 4.69) is 5.32 Å². The summed E-state index contributed by atoms with van der Waals surface area (Å²) in [6.45, 7) is 2.52. The van der Waals surface area contributed by atoms with Crippen molar-refractivity contribution in [2.45, 2.75) is 56.4 Å². The lowest BCUT2D eigenvalue weighted by Crippen LogP contribution is -2.32. The van der Waals surface area contributed by atoms with Crippen molar-refractivity contribution in [3.63, 3.8) is 0 Å². The van der Waals surface area contributed by atoms with Crippen molar-refractivity contribution in [3.8, 4) is 0 Å². The average molecular weight is 295 g/mol. The Balaban J connectivity index is 1.84. The number of sulfone groups is 1. The molecule has 1 N–H and O–H groups in total. The van der Waals surface area contributed by atoms with E-state index in [9.17, 15) is 8.42 Å². The summed E-state index contributed by atoms with van der Waals surface area (Å²) in [5.41, 5.74) is 1.08. The maximum absolute atomic E-state index is 12.2. The summed E-state index contributed by atoms with van der Waals surface area (Å²) in [6, 6.07) is 7.62. The Bertz CT molecular complexity index is 500. The maximum atomic E-state index is 12.2. The molecule has 0 atom stereocenters. The summed E-state index contributed by atoms with van der Waals surface area (Å²) in [5, 5.41) is 3.42. The van der Waals surface area contributed by atoms with Crippen LogP contribution in [0.25, 0.3) is 0 Å². The van der Waals surface area contributed by atoms with Gasteiger partial charge < -0.3 is 5.32 Å². The van der Waals surface area contributed by atoms with Gasteiger partial charge in [0.25, 0.3) is 0 Å². The highest BCUT2D eigenvalue weighted by atomic mass is 32.2. The van der Waals surface area contributed by atoms with Gasteiger partial charge in [-0.2, -0.15) is 0 Å². The highest BCUT2D eigenvalue weighted by Gasteiger charge is 2.16. The molecular formula is C16H25NO2S. The topological polar surface area (TPSA) is 46.2 Å². The van der Waals surface area contributed by atoms with Crippen LogP contribution in [-0.2, 0) is 9.84 Å². The van der Waals surface area contributed by atoms with Crippen LogP contribution in [0.3, 0.4) is 0 Å². The molecule has 2 rings (SSSR count). The number of hydrogen-bond donors (Lipinski definition) is 1. The van der Waals surface area contributed by atoms with Gasteiger partial charge in [0.15, 0.2) is 9.84 Å². The van der Waals surface area contributed by atoms with Crippen molar-refractivity contribution >= 4 is 9.84 Å². The van der Waals surface area contributed by atoms with Gasteiger partial charge in [0.05, 0.1) is 10.6 Å². The summed E-state index contributed by atoms with van der Waals surface area (Å²) >= 11 is 0. The summed E-state index contributed by atoms with van der Waals surface area (Å²) in [7, 11) is -3.15. The molecule has 1 aliphatic rings. The van der Waals surface area contributed by atoms with Gasteiger partial charge in [-0.25, -0.2) is 8.42 Å². The van der Waals surface area contributed by atoms with E-state index in [1.54, 1.807) is 12.1 Å². The lowest BCUT2D eigenvalue weighted by molar-refractivity contribution is 0.471. The van der Waals surface area contributed by atoms with Gasteiger partial charge in [-0.1, -0.05) is 43.4 Å². The minimum atomic E-state index is -3.15. The lowest BCUT2D eigenvalue weighted by Gasteiger charge is -2.16. The van der Waals surface area contributed by atoms with Gasteiger partial charge in [-0.05, 0) is 31.9 Å². The quantitative estimate of drug-likeness (QED) is 0.849. The highest BCUT2D eigenvalue weighted by Crippen LogP contribution is 2.17. The molecule has 0 amide bonds. The Morgan fingerprint density at radius 2 is 1.65 bits per heavy atom. The molecule has 0 bridgehead atoms. The molecule has 1 aromatic carbocycles. The van der Waals surface area contributed by atoms with Crippen LogP contribution in [0.1, 0.15) is 44.1 Å². The van der Waals surface area contributed by atoms with E-state index in [-0.39, 0.29) is 5.75 Å². The number of rotatable bonds is 5. The first kappa shape index (κ1) is 15.5. The van der Waals surface area contributed by atoms with Crippen LogP contribution in [0.15, 0.2) is 29.2 Å². The summed E-state index contributed by atoms with van der Waals surface area (Å²) in [6.07, 6.45) is 7.54. The standard InChI is InChI=1S/C16H25NO2S/c1-14-8-10-16(11-9-14)20(18,19)13-12-17-15-6-4-2-3-5-7-15/h8-11,15,17H,2-7,12-13H2,1H3. The Morgan fingerprint density at radius 1 is 1.05 bits per heavy atom. The smallest absolute Gasteiger partial charge is 0.179 e. The number of aryl methyl sites for hydroxylation is 1. The van der Waals surface area contributed by atoms with Gasteiger partial charge in [0, 0.05) is 12.6 Å². The first-order chi connectivity index (χ1) is 9.58. The molecule has 4 heteroatoms. The molecule has 1 fully saturated rings. The molecular weight excluding hydrogens is 270 g/mol. The monoisotopic (exact) mass is 295 g/mol. The Hall–Kier alpha value is -0.870. The van der Waals surface area contributed by atoms with Crippen molar-refractivity contribution < 1.29 is 8.42 Å². The number of hydrogen-bond acceptors (Lipinski definition) is 3. The van der Waals surface area contributed by atoms with Crippen molar-refractivity contribution in [2.24, 2.45) is 0 Å². The SMILES string of the molecule is Cc1ccc(S(=O)(=O)CCNC2CCCCCC2)cc1. The second kappa shape index (κ2) is 7.23. The Morgan fingerprint density at radius 3 is 2.25 bits per heavy atom. The Labute approximate surface area is 122 Å². The normalized spacial score (nSPS) is 17.9. The van der Waals surface area contributed by atoms with E-state index in [0.29, 0.717) is 17.5 Å². The minimum absolute atomic E-state index is 0.187. The molecule has 0 aliphatic heterocycles. The van der Waals surface area contributed by atoms with Gasteiger partial charge in [-0.15, -0.1) is 0 Å². The zero-order chi connectivity index (χ0) is 14.4. The average Bonchev–Trinajstić information content (AvgIpc) is 2.68. The lowest BCUT2D eigenvalue weighted by atomic mass is 10.1. The zero-order valence-corrected chi connectivity index (χ0v) is 13.1. The van der Waals surface area contributed by atoms with E-state index in [0.717, 1.165) is 5.56 Å². The molecule has 20 heavy (non-hydrogen) atoms. The fourth-order valence-corrected chi connectivity index (χ4v) is 3.92. The van der Waals surface area contributed by atoms with Gasteiger partial charge in [0.1, 0.15) is 0 Å². The van der Waals surface area contributed by atoms with Crippen molar-refractivity contribution in [1.82, 2.24) is 5.32 Å². The molecule has 0 saturated heterocycles. The van der Waals surface area contributed by atoms with Crippen LogP contribution in [0.2, 0.25) is 0 Å². The highest BCUT2D eigenvalue weighted by molar-refractivity contribution is 7.91. The van der Waals surface area contributed by atoms with E-state index in [4.69, 9.17) is 0 Å². The first-order valence-corrected chi connectivity index (χ1v) is 9.26. The zero-order valence-electron chi connectivity index (χ0n) is 12.3. The van der Waals surface area contributed by atoms with Crippen LogP contribution in [0.4, 0.5) is 0 Å². The molecule has 1 aromatic rings. The van der Waals surface area contributed by atoms with Gasteiger partial charge in [-0.3, -0.25) is 0 Å². The van der Waals surface area contributed by atoms with Crippen LogP contribution in [0.5, 0.6) is 0 Å². The predicted molar refractivity (Wildman–Crippen MR) is 82.7 cm³/mol. The van der Waals surface area contributed by atoms with Gasteiger partial charge in [0.2, 0.25) is 0 Å². The molecule has 1 aliphatic carbocycles. The predicted octanol–water partition coefficient (Wildman–Crippen LogP) is 3.08. The van der Waals surface area contributed by atoms with E-state index < -0.39 is 9.84 Å². The van der Waals surface area contributed by atoms with E-state index in [1.807, 2.05) is 19.1 Å². The van der Waals surface area contributed by atoms with Crippen molar-refractivity contribution in [3.05, 3.63) is 29.8 Å². The van der Waals surface area contributed by atoms with E-state index >= 15 is 0 Å². The molecule has 0 aromatic heterocycles. The fourth-order valence-electron chi connectivity index (χ4n) is 2.74. The summed E-state index contributed by atoms with van der Waals surface area (Å²) in [4.78, 5) is 0.436. The van der Waals surface area contributed by atoms with E-state index in [1.165, 1.54) is 38.5 Å². The van der Waals surface area contributed by atoms with Gasteiger partial charge >= 0.3 is 0 Å². The third kappa shape index (κ3) is 4.60. The van der Waals surface area contributed by atoms with Crippen molar-refractivity contribution in [1.29, 1.82) is 0 Å². The molecule has 0 spiro atoms. The second-order valence-corrected chi connectivity index (χ2v) is 7.88. The van der Waals surface area contributed by atoms with Crippen LogP contribution >= 0.6 is 0 Å². The van der Waals surface area contributed by atoms with Crippen LogP contribution < -0.4 is 5.32 Å². The third-order valence-electron chi connectivity index (χ3n) is 4.04. The molecule has 3 nitrogen and oxygen atoms in total.